The second-order valence-electron chi connectivity index (χ2n) is 9.73. The van der Waals surface area contributed by atoms with E-state index in [2.05, 4.69) is 49.0 Å². The molecule has 31 heavy (non-hydrogen) atoms. The Labute approximate surface area is 207 Å². The minimum Gasteiger partial charge on any atom is -0.850 e. The van der Waals surface area contributed by atoms with E-state index in [-0.39, 0.29) is 21.7 Å². The molecule has 174 valence electrons. The number of rotatable bonds is 1. The van der Waals surface area contributed by atoms with Gasteiger partial charge < -0.3 is 15.3 Å². The van der Waals surface area contributed by atoms with E-state index >= 15 is 0 Å². The Morgan fingerprint density at radius 3 is 1.42 bits per heavy atom. The molecule has 0 radical (unpaired) electrons. The molecule has 0 fully saturated rings. The van der Waals surface area contributed by atoms with Gasteiger partial charge in [-0.3, -0.25) is 0 Å². The molecule has 0 spiro atoms. The molecule has 0 atom stereocenters. The average Bonchev–Trinajstić information content (AvgIpc) is 2.98. The van der Waals surface area contributed by atoms with Gasteiger partial charge in [0, 0.05) is 0 Å². The second kappa shape index (κ2) is 18.5. The molecule has 0 aromatic heterocycles. The smallest absolute Gasteiger partial charge is 0.850 e. The molecule has 0 aliphatic rings. The monoisotopic (exact) mass is 464 g/mol. The van der Waals surface area contributed by atoms with Gasteiger partial charge >= 0.3 is 21.7 Å². The van der Waals surface area contributed by atoms with Crippen LogP contribution in [0.4, 0.5) is 0 Å². The van der Waals surface area contributed by atoms with E-state index in [0.717, 1.165) is 0 Å². The topological polar surface area (TPSA) is 69.2 Å². The van der Waals surface area contributed by atoms with Gasteiger partial charge in [0.15, 0.2) is 0 Å². The summed E-state index contributed by atoms with van der Waals surface area (Å²) in [6, 6.07) is 14.7. The van der Waals surface area contributed by atoms with Crippen molar-refractivity contribution in [3.63, 3.8) is 0 Å². The molecule has 0 N–H and O–H groups in total. The third-order valence-corrected chi connectivity index (χ3v) is 2.32. The van der Waals surface area contributed by atoms with Crippen LogP contribution in [0.5, 0.6) is 0 Å². The first-order chi connectivity index (χ1) is 13.3. The quantitative estimate of drug-likeness (QED) is 0.334. The van der Waals surface area contributed by atoms with Crippen LogP contribution in [0, 0.1) is 0 Å². The van der Waals surface area contributed by atoms with Crippen molar-refractivity contribution in [2.75, 3.05) is 0 Å². The summed E-state index contributed by atoms with van der Waals surface area (Å²) >= 11 is 0. The molecule has 0 heterocycles. The van der Waals surface area contributed by atoms with Crippen LogP contribution in [-0.4, -0.2) is 16.8 Å². The number of fused-ring (bicyclic) bond motifs is 1. The largest absolute Gasteiger partial charge is 4.00 e. The van der Waals surface area contributed by atoms with Gasteiger partial charge in [0.25, 0.3) is 0 Å². The summed E-state index contributed by atoms with van der Waals surface area (Å²) in [5, 5.41) is 33.0. The molecular weight excluding hydrogens is 420 g/mol. The molecule has 2 rings (SSSR count). The normalized spacial score (nSPS) is 11.0. The van der Waals surface area contributed by atoms with Gasteiger partial charge in [-0.1, -0.05) is 92.7 Å². The maximum atomic E-state index is 10.1. The van der Waals surface area contributed by atoms with Crippen molar-refractivity contribution < 1.29 is 37.0 Å². The van der Waals surface area contributed by atoms with Gasteiger partial charge in [0.05, 0.1) is 0 Å². The molecule has 0 saturated heterocycles. The summed E-state index contributed by atoms with van der Waals surface area (Å²) in [7, 11) is 0. The molecule has 0 aliphatic heterocycles. The van der Waals surface area contributed by atoms with Crippen LogP contribution in [0.2, 0.25) is 0 Å². The maximum Gasteiger partial charge on any atom is 4.00 e. The molecule has 2 aromatic rings. The Hall–Kier alpha value is -1.10. The van der Waals surface area contributed by atoms with Crippen LogP contribution in [0.25, 0.3) is 10.8 Å². The van der Waals surface area contributed by atoms with Crippen molar-refractivity contribution in [3.05, 3.63) is 66.8 Å². The Bertz CT molecular complexity index is 617. The van der Waals surface area contributed by atoms with E-state index in [1.165, 1.54) is 16.3 Å². The van der Waals surface area contributed by atoms with Crippen molar-refractivity contribution in [1.29, 1.82) is 0 Å². The minimum atomic E-state index is -0.750. The van der Waals surface area contributed by atoms with Gasteiger partial charge in [-0.2, -0.15) is 17.5 Å². The molecule has 0 unspecified atom stereocenters. The number of allylic oxidation sites excluding steroid dienone is 3. The third-order valence-electron chi connectivity index (χ3n) is 2.32. The summed E-state index contributed by atoms with van der Waals surface area (Å²) < 4.78 is 0. The first kappa shape index (κ1) is 37.2. The van der Waals surface area contributed by atoms with Crippen LogP contribution < -0.4 is 15.3 Å². The maximum absolute atomic E-state index is 10.1. The van der Waals surface area contributed by atoms with Gasteiger partial charge in [0.2, 0.25) is 0 Å². The Kier molecular flexibility index (Phi) is 22.2. The van der Waals surface area contributed by atoms with Crippen LogP contribution in [-0.2, 0) is 21.7 Å². The summed E-state index contributed by atoms with van der Waals surface area (Å²) in [4.78, 5) is 0. The summed E-state index contributed by atoms with van der Waals surface area (Å²) in [5.74, 6) is 0. The van der Waals surface area contributed by atoms with Crippen LogP contribution in [0.3, 0.4) is 0 Å². The summed E-state index contributed by atoms with van der Waals surface area (Å²) in [5.41, 5.74) is -1.02. The van der Waals surface area contributed by atoms with E-state index < -0.39 is 16.8 Å². The molecule has 2 aromatic carbocycles. The third kappa shape index (κ3) is 52.8. The molecular formula is C27H44O3Ti. The molecule has 0 amide bonds. The fraction of sp³-hybridized carbons (Fsp3) is 0.519. The molecule has 4 heteroatoms. The van der Waals surface area contributed by atoms with Crippen molar-refractivity contribution >= 4 is 10.8 Å². The Morgan fingerprint density at radius 2 is 1.16 bits per heavy atom. The first-order valence-electron chi connectivity index (χ1n) is 10.2. The number of hydrogen-bond donors (Lipinski definition) is 0. The summed E-state index contributed by atoms with van der Waals surface area (Å²) in [6.45, 7) is 22.3. The van der Waals surface area contributed by atoms with Crippen molar-refractivity contribution in [1.82, 2.24) is 0 Å². The zero-order valence-electron chi connectivity index (χ0n) is 21.6. The molecule has 0 aliphatic carbocycles. The van der Waals surface area contributed by atoms with Crippen LogP contribution in [0.1, 0.15) is 76.2 Å². The van der Waals surface area contributed by atoms with Gasteiger partial charge in [-0.15, -0.1) is 46.5 Å². The molecule has 0 saturated carbocycles. The molecule has 0 bridgehead atoms. The molecule has 3 nitrogen and oxygen atoms in total. The number of benzene rings is 1. The Morgan fingerprint density at radius 1 is 0.806 bits per heavy atom. The van der Waals surface area contributed by atoms with Gasteiger partial charge in [0.1, 0.15) is 0 Å². The average molecular weight is 465 g/mol. The zero-order chi connectivity index (χ0) is 24.6. The predicted molar refractivity (Wildman–Crippen MR) is 128 cm³/mol. The van der Waals surface area contributed by atoms with E-state index in [9.17, 15) is 15.3 Å². The van der Waals surface area contributed by atoms with E-state index in [0.29, 0.717) is 0 Å². The SMILES string of the molecule is C=CC(C)=CC.CC(C)(C)[O-].CC(C)(C)[O-].CC(C)(C)[O-].[Ti+4].c1ccc2[cH-]ccc2c1. The van der Waals surface area contributed by atoms with Gasteiger partial charge in [-0.25, -0.2) is 0 Å². The van der Waals surface area contributed by atoms with E-state index in [4.69, 9.17) is 0 Å². The van der Waals surface area contributed by atoms with Crippen molar-refractivity contribution in [3.8, 4) is 0 Å². The fourth-order valence-electron chi connectivity index (χ4n) is 1.19. The first-order valence-corrected chi connectivity index (χ1v) is 10.2. The van der Waals surface area contributed by atoms with E-state index in [1.54, 1.807) is 62.3 Å². The van der Waals surface area contributed by atoms with Crippen LogP contribution in [0.15, 0.2) is 66.8 Å². The summed E-state index contributed by atoms with van der Waals surface area (Å²) in [6.07, 6.45) is 3.85. The minimum absolute atomic E-state index is 0. The zero-order valence-corrected chi connectivity index (χ0v) is 23.2. The van der Waals surface area contributed by atoms with Crippen molar-refractivity contribution in [2.24, 2.45) is 0 Å². The fourth-order valence-corrected chi connectivity index (χ4v) is 1.19. The Balaban J connectivity index is -0.000000151. The van der Waals surface area contributed by atoms with Crippen LogP contribution >= 0.6 is 0 Å². The number of hydrogen-bond acceptors (Lipinski definition) is 3. The standard InChI is InChI=1S/C9H7.C6H10.3C4H9O.Ti/c1-2-5-9-7-3-6-8(9)4-1;1-4-6(3)5-2;3*1-4(2,3)5;/h1-7H;4-5H,1H2,2-3H3;3*1-3H3;/q-1;;3*-1;+4. The second-order valence-corrected chi connectivity index (χ2v) is 9.73. The van der Waals surface area contributed by atoms with Gasteiger partial charge in [-0.05, 0) is 13.8 Å². The van der Waals surface area contributed by atoms with Crippen molar-refractivity contribution in [2.45, 2.75) is 93.0 Å². The predicted octanol–water partition coefficient (Wildman–Crippen LogP) is 5.13. The van der Waals surface area contributed by atoms with E-state index in [1.807, 2.05) is 26.0 Å².